The van der Waals surface area contributed by atoms with E-state index in [2.05, 4.69) is 54.5 Å². The van der Waals surface area contributed by atoms with Crippen LogP contribution < -0.4 is 5.32 Å². The van der Waals surface area contributed by atoms with Gasteiger partial charge in [-0.1, -0.05) is 62.4 Å². The number of rotatable bonds is 10. The van der Waals surface area contributed by atoms with Crippen LogP contribution in [-0.4, -0.2) is 56.2 Å². The molecular weight excluding hydrogens is 881 g/mol. The van der Waals surface area contributed by atoms with E-state index in [-0.39, 0.29) is 17.6 Å². The molecule has 0 aliphatic heterocycles. The number of hydrogen-bond donors (Lipinski definition) is 5. The largest absolute Gasteiger partial charge is 0.337 e. The van der Waals surface area contributed by atoms with E-state index in [0.717, 1.165) is 66.4 Å². The summed E-state index contributed by atoms with van der Waals surface area (Å²) >= 11 is 0. The highest BCUT2D eigenvalue weighted by Crippen LogP contribution is 2.44. The molecule has 12 rings (SSSR count). The number of H-pyrrole nitrogens is 4. The number of para-hydroxylation sites is 2. The molecule has 0 aliphatic rings. The number of fused-ring (bicyclic) bond motifs is 4. The second kappa shape index (κ2) is 16.9. The molecule has 0 spiro atoms. The first-order valence-corrected chi connectivity index (χ1v) is 22.8. The highest BCUT2D eigenvalue weighted by molar-refractivity contribution is 6.08. The van der Waals surface area contributed by atoms with E-state index in [1.165, 1.54) is 24.3 Å². The van der Waals surface area contributed by atoms with Crippen molar-refractivity contribution in [2.75, 3.05) is 5.32 Å². The Balaban J connectivity index is 1.03. The van der Waals surface area contributed by atoms with Gasteiger partial charge >= 0.3 is 0 Å². The Kier molecular flexibility index (Phi) is 10.2. The molecule has 1 amide bonds. The number of nitrogens with one attached hydrogen (secondary N) is 5. The number of imidazole rings is 2. The SMILES string of the molecule is Cc1ccncc1-c1ccc2[nH]nc(-c3nc4c(-c5ccc(F)cc5-c5cc(-c6cncc(NC(=O)CC(C)C)c6)cc6c(-c7nc8c(-c9ccc(F)cc9)cccc8[nH]7)n[nH]c56)cccc4[nH]3)c2c1. The first-order valence-electron chi connectivity index (χ1n) is 22.8. The molecule has 6 aromatic heterocycles. The van der Waals surface area contributed by atoms with Gasteiger partial charge in [0.15, 0.2) is 11.6 Å². The maximum Gasteiger partial charge on any atom is 0.224 e. The van der Waals surface area contributed by atoms with E-state index in [1.807, 2.05) is 86.8 Å². The number of amides is 1. The lowest BCUT2D eigenvalue weighted by atomic mass is 9.90. The lowest BCUT2D eigenvalue weighted by molar-refractivity contribution is -0.116. The maximum absolute atomic E-state index is 15.9. The smallest absolute Gasteiger partial charge is 0.224 e. The molecule has 0 aliphatic carbocycles. The van der Waals surface area contributed by atoms with E-state index in [0.29, 0.717) is 73.8 Å². The number of pyridine rings is 2. The number of nitrogens with zero attached hydrogens (tertiary/aromatic N) is 6. The number of hydrogen-bond acceptors (Lipinski definition) is 7. The molecule has 12 nitrogen and oxygen atoms in total. The van der Waals surface area contributed by atoms with Crippen LogP contribution in [0.15, 0.2) is 146 Å². The van der Waals surface area contributed by atoms with Crippen LogP contribution in [0.3, 0.4) is 0 Å². The van der Waals surface area contributed by atoms with Crippen LogP contribution in [0.2, 0.25) is 0 Å². The molecule has 14 heteroatoms. The fourth-order valence-corrected chi connectivity index (χ4v) is 9.40. The second-order valence-corrected chi connectivity index (χ2v) is 17.9. The quantitative estimate of drug-likeness (QED) is 0.0909. The summed E-state index contributed by atoms with van der Waals surface area (Å²) in [7, 11) is 0. The third-order valence-corrected chi connectivity index (χ3v) is 12.7. The van der Waals surface area contributed by atoms with Gasteiger partial charge in [0, 0.05) is 63.6 Å². The van der Waals surface area contributed by atoms with Crippen LogP contribution in [0.1, 0.15) is 25.8 Å². The van der Waals surface area contributed by atoms with Crippen molar-refractivity contribution in [1.29, 1.82) is 0 Å². The number of anilines is 1. The summed E-state index contributed by atoms with van der Waals surface area (Å²) in [5, 5.41) is 20.7. The number of aryl methyl sites for hydroxylation is 1. The average Bonchev–Trinajstić information content (AvgIpc) is 4.18. The monoisotopic (exact) mass is 921 g/mol. The van der Waals surface area contributed by atoms with E-state index in [9.17, 15) is 9.18 Å². The lowest BCUT2D eigenvalue weighted by Gasteiger charge is -2.14. The van der Waals surface area contributed by atoms with Crippen molar-refractivity contribution >= 4 is 55.5 Å². The maximum atomic E-state index is 15.9. The van der Waals surface area contributed by atoms with Gasteiger partial charge in [0.1, 0.15) is 23.0 Å². The number of aromatic nitrogens is 10. The fourth-order valence-electron chi connectivity index (χ4n) is 9.40. The van der Waals surface area contributed by atoms with Gasteiger partial charge < -0.3 is 15.3 Å². The van der Waals surface area contributed by atoms with Crippen LogP contribution in [0.4, 0.5) is 14.5 Å². The highest BCUT2D eigenvalue weighted by Gasteiger charge is 2.23. The average molecular weight is 922 g/mol. The zero-order valence-electron chi connectivity index (χ0n) is 38.0. The molecule has 0 bridgehead atoms. The van der Waals surface area contributed by atoms with Crippen LogP contribution in [0, 0.1) is 24.5 Å². The predicted octanol–water partition coefficient (Wildman–Crippen LogP) is 13.2. The molecule has 6 aromatic carbocycles. The molecule has 6 heterocycles. The molecule has 0 unspecified atom stereocenters. The van der Waals surface area contributed by atoms with E-state index in [4.69, 9.17) is 20.2 Å². The van der Waals surface area contributed by atoms with Crippen molar-refractivity contribution in [3.05, 3.63) is 163 Å². The van der Waals surface area contributed by atoms with Crippen molar-refractivity contribution in [2.24, 2.45) is 5.92 Å². The summed E-state index contributed by atoms with van der Waals surface area (Å²) in [5.74, 6) is 0.364. The van der Waals surface area contributed by atoms with Crippen LogP contribution in [0.5, 0.6) is 0 Å². The van der Waals surface area contributed by atoms with Crippen molar-refractivity contribution in [3.8, 4) is 78.7 Å². The van der Waals surface area contributed by atoms with Gasteiger partial charge in [0.25, 0.3) is 0 Å². The van der Waals surface area contributed by atoms with Crippen LogP contribution in [0.25, 0.3) is 123 Å². The minimum atomic E-state index is -0.434. The molecule has 0 atom stereocenters. The predicted molar refractivity (Wildman–Crippen MR) is 271 cm³/mol. The summed E-state index contributed by atoms with van der Waals surface area (Å²) in [6, 6.07) is 36.8. The summed E-state index contributed by atoms with van der Waals surface area (Å²) in [6.07, 6.45) is 7.36. The Morgan fingerprint density at radius 3 is 2.04 bits per heavy atom. The molecule has 12 aromatic rings. The molecule has 0 fully saturated rings. The van der Waals surface area contributed by atoms with Crippen LogP contribution >= 0.6 is 0 Å². The van der Waals surface area contributed by atoms with E-state index >= 15 is 4.39 Å². The highest BCUT2D eigenvalue weighted by atomic mass is 19.1. The Bertz CT molecular complexity index is 4010. The summed E-state index contributed by atoms with van der Waals surface area (Å²) < 4.78 is 29.9. The molecule has 0 saturated carbocycles. The molecule has 5 N–H and O–H groups in total. The van der Waals surface area contributed by atoms with Crippen molar-refractivity contribution in [1.82, 2.24) is 50.3 Å². The van der Waals surface area contributed by atoms with Gasteiger partial charge in [0.2, 0.25) is 5.91 Å². The normalized spacial score (nSPS) is 11.7. The standard InChI is InChI=1S/C56H41F2N11O/c1-29(2)20-49(70)61-37-21-34(26-60-27-37)33-23-42(50-44(24-33)54(69-67-50)56-62-47-8-4-6-38(51(47)64-56)31-10-13-35(57)14-11-31)41-25-36(58)15-16-39(41)40-7-5-9-48-52(40)65-55(63-48)53-43-22-32(12-17-46(43)66-68-53)45-28-59-19-18-30(45)3/h4-19,21-29H,20H2,1-3H3,(H,61,70)(H,62,64)(H,63,65)(H,66,68)(H,67,69). The number of halogens is 2. The van der Waals surface area contributed by atoms with Gasteiger partial charge in [-0.15, -0.1) is 0 Å². The summed E-state index contributed by atoms with van der Waals surface area (Å²) in [5.41, 5.74) is 15.1. The zero-order chi connectivity index (χ0) is 47.6. The third-order valence-electron chi connectivity index (χ3n) is 12.7. The zero-order valence-corrected chi connectivity index (χ0v) is 38.0. The molecule has 70 heavy (non-hydrogen) atoms. The third kappa shape index (κ3) is 7.51. The van der Waals surface area contributed by atoms with Crippen molar-refractivity contribution in [3.63, 3.8) is 0 Å². The molecule has 0 saturated heterocycles. The van der Waals surface area contributed by atoms with E-state index in [1.54, 1.807) is 36.8 Å². The van der Waals surface area contributed by atoms with Crippen molar-refractivity contribution < 1.29 is 13.6 Å². The summed E-state index contributed by atoms with van der Waals surface area (Å²) in [4.78, 5) is 39.1. The number of carbonyl (C=O) groups is 1. The number of aromatic amines is 4. The number of benzene rings is 6. The molecule has 0 radical (unpaired) electrons. The summed E-state index contributed by atoms with van der Waals surface area (Å²) in [6.45, 7) is 6.05. The van der Waals surface area contributed by atoms with Gasteiger partial charge in [-0.25, -0.2) is 18.7 Å². The number of carbonyl (C=O) groups excluding carboxylic acids is 1. The Labute approximate surface area is 398 Å². The van der Waals surface area contributed by atoms with E-state index < -0.39 is 5.82 Å². The Morgan fingerprint density at radius 2 is 1.27 bits per heavy atom. The van der Waals surface area contributed by atoms with Crippen LogP contribution in [-0.2, 0) is 4.79 Å². The first kappa shape index (κ1) is 42.2. The molecular formula is C56H41F2N11O. The topological polar surface area (TPSA) is 170 Å². The van der Waals surface area contributed by atoms with Gasteiger partial charge in [-0.05, 0) is 119 Å². The first-order chi connectivity index (χ1) is 34.1. The lowest BCUT2D eigenvalue weighted by Crippen LogP contribution is -2.13. The van der Waals surface area contributed by atoms with Gasteiger partial charge in [-0.2, -0.15) is 10.2 Å². The van der Waals surface area contributed by atoms with Gasteiger partial charge in [0.05, 0.1) is 45.0 Å². The minimum absolute atomic E-state index is 0.114. The fraction of sp³-hybridized carbons (Fsp3) is 0.0893. The Morgan fingerprint density at radius 1 is 0.571 bits per heavy atom. The second-order valence-electron chi connectivity index (χ2n) is 17.9. The van der Waals surface area contributed by atoms with Gasteiger partial charge in [-0.3, -0.25) is 25.0 Å². The Hall–Kier alpha value is -9.17. The molecule has 340 valence electrons. The minimum Gasteiger partial charge on any atom is -0.337 e. The van der Waals surface area contributed by atoms with Crippen molar-refractivity contribution in [2.45, 2.75) is 27.2 Å².